The highest BCUT2D eigenvalue weighted by Crippen LogP contribution is 2.32. The van der Waals surface area contributed by atoms with E-state index in [4.69, 9.17) is 5.73 Å². The van der Waals surface area contributed by atoms with Crippen LogP contribution in [0.15, 0.2) is 24.3 Å². The Hall–Kier alpha value is -0.820. The number of hydrogen-bond acceptors (Lipinski definition) is 1. The van der Waals surface area contributed by atoms with Gasteiger partial charge in [-0.15, -0.1) is 0 Å². The van der Waals surface area contributed by atoms with Gasteiger partial charge in [0.25, 0.3) is 0 Å². The Kier molecular flexibility index (Phi) is 4.00. The number of benzene rings is 1. The van der Waals surface area contributed by atoms with Crippen LogP contribution in [0, 0.1) is 18.8 Å². The van der Waals surface area contributed by atoms with Crippen LogP contribution in [0.5, 0.6) is 0 Å². The maximum Gasteiger partial charge on any atom is -0.00430 e. The highest BCUT2D eigenvalue weighted by molar-refractivity contribution is 5.21. The van der Waals surface area contributed by atoms with Crippen LogP contribution < -0.4 is 5.73 Å². The lowest BCUT2D eigenvalue weighted by Crippen LogP contribution is -2.23. The number of rotatable bonds is 4. The van der Waals surface area contributed by atoms with Crippen LogP contribution >= 0.6 is 0 Å². The zero-order valence-corrected chi connectivity index (χ0v) is 10.3. The lowest BCUT2D eigenvalue weighted by molar-refractivity contribution is 0.345. The summed E-state index contributed by atoms with van der Waals surface area (Å²) in [5, 5.41) is 0. The van der Waals surface area contributed by atoms with Gasteiger partial charge < -0.3 is 5.73 Å². The fourth-order valence-electron chi connectivity index (χ4n) is 2.90. The first-order valence-electron chi connectivity index (χ1n) is 6.55. The van der Waals surface area contributed by atoms with Crippen molar-refractivity contribution in [1.29, 1.82) is 0 Å². The largest absolute Gasteiger partial charge is 0.330 e. The zero-order chi connectivity index (χ0) is 11.4. The van der Waals surface area contributed by atoms with E-state index in [0.29, 0.717) is 5.92 Å². The molecule has 1 aliphatic carbocycles. The van der Waals surface area contributed by atoms with Crippen molar-refractivity contribution in [3.63, 3.8) is 0 Å². The first-order chi connectivity index (χ1) is 7.79. The van der Waals surface area contributed by atoms with E-state index < -0.39 is 0 Å². The van der Waals surface area contributed by atoms with Crippen LogP contribution in [-0.2, 0) is 6.42 Å². The Labute approximate surface area is 99.0 Å². The second-order valence-electron chi connectivity index (χ2n) is 5.23. The molecule has 0 bridgehead atoms. The lowest BCUT2D eigenvalue weighted by atomic mass is 9.85. The number of hydrogen-bond donors (Lipinski definition) is 1. The first kappa shape index (κ1) is 11.7. The summed E-state index contributed by atoms with van der Waals surface area (Å²) in [5.74, 6) is 1.58. The predicted molar refractivity (Wildman–Crippen MR) is 69.4 cm³/mol. The Morgan fingerprint density at radius 3 is 2.38 bits per heavy atom. The predicted octanol–water partition coefficient (Wildman–Crippen LogP) is 3.30. The van der Waals surface area contributed by atoms with Crippen molar-refractivity contribution in [3.8, 4) is 0 Å². The molecule has 1 aromatic carbocycles. The molecule has 1 aliphatic rings. The van der Waals surface area contributed by atoms with E-state index in [9.17, 15) is 0 Å². The van der Waals surface area contributed by atoms with Crippen LogP contribution in [0.1, 0.15) is 36.8 Å². The molecule has 0 radical (unpaired) electrons. The van der Waals surface area contributed by atoms with Crippen molar-refractivity contribution in [3.05, 3.63) is 35.4 Å². The molecule has 1 unspecified atom stereocenters. The number of nitrogens with two attached hydrogens (primary N) is 1. The van der Waals surface area contributed by atoms with Gasteiger partial charge in [0, 0.05) is 0 Å². The molecule has 1 atom stereocenters. The molecular formula is C15H23N. The smallest absolute Gasteiger partial charge is 0.00430 e. The molecule has 0 aliphatic heterocycles. The van der Waals surface area contributed by atoms with E-state index in [1.54, 1.807) is 0 Å². The summed E-state index contributed by atoms with van der Waals surface area (Å²) in [6, 6.07) is 8.93. The highest BCUT2D eigenvalue weighted by Gasteiger charge is 2.23. The van der Waals surface area contributed by atoms with Gasteiger partial charge in [-0.3, -0.25) is 0 Å². The van der Waals surface area contributed by atoms with E-state index in [0.717, 1.165) is 12.5 Å². The van der Waals surface area contributed by atoms with Crippen LogP contribution in [0.2, 0.25) is 0 Å². The van der Waals surface area contributed by atoms with Crippen LogP contribution in [0.25, 0.3) is 0 Å². The normalized spacial score (nSPS) is 18.9. The molecule has 2 N–H and O–H groups in total. The van der Waals surface area contributed by atoms with Gasteiger partial charge in [-0.25, -0.2) is 0 Å². The molecule has 1 aromatic rings. The second kappa shape index (κ2) is 5.49. The third-order valence-corrected chi connectivity index (χ3v) is 3.99. The molecular weight excluding hydrogens is 194 g/mol. The van der Waals surface area contributed by atoms with Crippen molar-refractivity contribution in [2.24, 2.45) is 17.6 Å². The van der Waals surface area contributed by atoms with Gasteiger partial charge in [-0.1, -0.05) is 55.5 Å². The van der Waals surface area contributed by atoms with Gasteiger partial charge in [-0.05, 0) is 37.3 Å². The van der Waals surface area contributed by atoms with Gasteiger partial charge in [0.05, 0.1) is 0 Å². The fourth-order valence-corrected chi connectivity index (χ4v) is 2.90. The fraction of sp³-hybridized carbons (Fsp3) is 0.600. The summed E-state index contributed by atoms with van der Waals surface area (Å²) in [4.78, 5) is 0. The van der Waals surface area contributed by atoms with Crippen molar-refractivity contribution in [2.75, 3.05) is 6.54 Å². The lowest BCUT2D eigenvalue weighted by Gasteiger charge is -2.21. The zero-order valence-electron chi connectivity index (χ0n) is 10.3. The summed E-state index contributed by atoms with van der Waals surface area (Å²) in [6.07, 6.45) is 6.78. The molecule has 0 saturated heterocycles. The van der Waals surface area contributed by atoms with Crippen molar-refractivity contribution >= 4 is 0 Å². The minimum Gasteiger partial charge on any atom is -0.330 e. The molecule has 1 heteroatoms. The van der Waals surface area contributed by atoms with Gasteiger partial charge in [0.15, 0.2) is 0 Å². The third-order valence-electron chi connectivity index (χ3n) is 3.99. The van der Waals surface area contributed by atoms with Crippen LogP contribution in [-0.4, -0.2) is 6.54 Å². The molecule has 0 aromatic heterocycles. The summed E-state index contributed by atoms with van der Waals surface area (Å²) in [5.41, 5.74) is 8.72. The molecule has 1 fully saturated rings. The molecule has 1 saturated carbocycles. The Morgan fingerprint density at radius 2 is 1.81 bits per heavy atom. The van der Waals surface area contributed by atoms with Gasteiger partial charge in [0.2, 0.25) is 0 Å². The van der Waals surface area contributed by atoms with E-state index in [-0.39, 0.29) is 0 Å². The van der Waals surface area contributed by atoms with Gasteiger partial charge in [-0.2, -0.15) is 0 Å². The van der Waals surface area contributed by atoms with Crippen LogP contribution in [0.4, 0.5) is 0 Å². The van der Waals surface area contributed by atoms with Crippen LogP contribution in [0.3, 0.4) is 0 Å². The summed E-state index contributed by atoms with van der Waals surface area (Å²) >= 11 is 0. The summed E-state index contributed by atoms with van der Waals surface area (Å²) < 4.78 is 0. The standard InChI is InChI=1S/C15H23N/c1-12-6-8-13(9-7-12)10-15(11-16)14-4-2-3-5-14/h6-9,14-15H,2-5,10-11,16H2,1H3. The first-order valence-corrected chi connectivity index (χ1v) is 6.55. The average molecular weight is 217 g/mol. The molecule has 0 heterocycles. The Morgan fingerprint density at radius 1 is 1.19 bits per heavy atom. The monoisotopic (exact) mass is 217 g/mol. The molecule has 16 heavy (non-hydrogen) atoms. The van der Waals surface area contributed by atoms with E-state index in [2.05, 4.69) is 31.2 Å². The quantitative estimate of drug-likeness (QED) is 0.822. The molecule has 1 nitrogen and oxygen atoms in total. The van der Waals surface area contributed by atoms with E-state index in [1.807, 2.05) is 0 Å². The topological polar surface area (TPSA) is 26.0 Å². The number of aryl methyl sites for hydroxylation is 1. The molecule has 0 amide bonds. The van der Waals surface area contributed by atoms with Crippen molar-refractivity contribution in [1.82, 2.24) is 0 Å². The minimum atomic E-state index is 0.699. The SMILES string of the molecule is Cc1ccc(CC(CN)C2CCCC2)cc1. The Bertz CT molecular complexity index is 309. The Balaban J connectivity index is 1.97. The molecule has 88 valence electrons. The average Bonchev–Trinajstić information content (AvgIpc) is 2.82. The highest BCUT2D eigenvalue weighted by atomic mass is 14.6. The van der Waals surface area contributed by atoms with Crippen molar-refractivity contribution in [2.45, 2.75) is 39.0 Å². The van der Waals surface area contributed by atoms with E-state index in [1.165, 1.54) is 43.2 Å². The minimum absolute atomic E-state index is 0.699. The maximum absolute atomic E-state index is 5.93. The summed E-state index contributed by atoms with van der Waals surface area (Å²) in [6.45, 7) is 2.99. The van der Waals surface area contributed by atoms with Gasteiger partial charge in [0.1, 0.15) is 0 Å². The molecule has 2 rings (SSSR count). The van der Waals surface area contributed by atoms with Crippen molar-refractivity contribution < 1.29 is 0 Å². The van der Waals surface area contributed by atoms with Gasteiger partial charge >= 0.3 is 0 Å². The summed E-state index contributed by atoms with van der Waals surface area (Å²) in [7, 11) is 0. The second-order valence-corrected chi connectivity index (χ2v) is 5.23. The van der Waals surface area contributed by atoms with E-state index >= 15 is 0 Å². The molecule has 0 spiro atoms. The third kappa shape index (κ3) is 2.85. The maximum atomic E-state index is 5.93.